The second-order valence-corrected chi connectivity index (χ2v) is 3.96. The van der Waals surface area contributed by atoms with Crippen molar-refractivity contribution >= 4 is 5.91 Å². The fourth-order valence-electron chi connectivity index (χ4n) is 1.76. The Morgan fingerprint density at radius 1 is 1.38 bits per heavy atom. The fraction of sp³-hybridized carbons (Fsp3) is 0.308. The van der Waals surface area contributed by atoms with E-state index in [0.717, 1.165) is 13.0 Å². The molecular weight excluding hydrogens is 200 g/mol. The Kier molecular flexibility index (Phi) is 3.37. The van der Waals surface area contributed by atoms with Gasteiger partial charge in [0.15, 0.2) is 0 Å². The number of rotatable bonds is 2. The summed E-state index contributed by atoms with van der Waals surface area (Å²) in [6.07, 6.45) is 5.24. The topological polar surface area (TPSA) is 32.3 Å². The molecule has 0 saturated carbocycles. The van der Waals surface area contributed by atoms with Crippen LogP contribution in [0.15, 0.2) is 42.5 Å². The molecule has 1 heterocycles. The van der Waals surface area contributed by atoms with Gasteiger partial charge in [0.25, 0.3) is 5.91 Å². The van der Waals surface area contributed by atoms with Crippen LogP contribution < -0.4 is 5.43 Å². The molecule has 1 aromatic carbocycles. The highest BCUT2D eigenvalue weighted by molar-refractivity contribution is 5.93. The summed E-state index contributed by atoms with van der Waals surface area (Å²) in [6, 6.07) is 9.55. The van der Waals surface area contributed by atoms with Gasteiger partial charge in [-0.05, 0) is 25.5 Å². The van der Waals surface area contributed by atoms with Crippen LogP contribution in [0, 0.1) is 0 Å². The van der Waals surface area contributed by atoms with E-state index < -0.39 is 0 Å². The molecule has 0 aliphatic carbocycles. The molecule has 84 valence electrons. The Hall–Kier alpha value is -1.61. The number of benzene rings is 1. The van der Waals surface area contributed by atoms with Gasteiger partial charge in [0.1, 0.15) is 0 Å². The summed E-state index contributed by atoms with van der Waals surface area (Å²) in [7, 11) is 0. The molecule has 0 bridgehead atoms. The van der Waals surface area contributed by atoms with Crippen LogP contribution in [0.2, 0.25) is 0 Å². The molecule has 1 aromatic rings. The summed E-state index contributed by atoms with van der Waals surface area (Å²) in [5, 5.41) is 1.97. The summed E-state index contributed by atoms with van der Waals surface area (Å²) in [6.45, 7) is 2.94. The molecule has 16 heavy (non-hydrogen) atoms. The first-order chi connectivity index (χ1) is 7.77. The van der Waals surface area contributed by atoms with E-state index in [1.54, 1.807) is 0 Å². The largest absolute Gasteiger partial charge is 0.284 e. The average Bonchev–Trinajstić information content (AvgIpc) is 2.33. The van der Waals surface area contributed by atoms with E-state index in [4.69, 9.17) is 0 Å². The van der Waals surface area contributed by atoms with Crippen molar-refractivity contribution < 1.29 is 4.79 Å². The van der Waals surface area contributed by atoms with Gasteiger partial charge in [-0.15, -0.1) is 0 Å². The zero-order valence-corrected chi connectivity index (χ0v) is 9.39. The molecule has 1 aliphatic rings. The second kappa shape index (κ2) is 4.94. The summed E-state index contributed by atoms with van der Waals surface area (Å²) in [5.74, 6) is -0.0391. The second-order valence-electron chi connectivity index (χ2n) is 3.96. The van der Waals surface area contributed by atoms with Crippen molar-refractivity contribution in [2.24, 2.45) is 0 Å². The molecule has 1 atom stereocenters. The number of hydrazine groups is 1. The molecule has 0 fully saturated rings. The van der Waals surface area contributed by atoms with Crippen LogP contribution in [0.3, 0.4) is 0 Å². The minimum absolute atomic E-state index is 0.0391. The molecule has 0 spiro atoms. The maximum absolute atomic E-state index is 11.9. The lowest BCUT2D eigenvalue weighted by Gasteiger charge is -2.29. The normalized spacial score (nSPS) is 20.7. The molecule has 1 unspecified atom stereocenters. The average molecular weight is 216 g/mol. The van der Waals surface area contributed by atoms with Crippen molar-refractivity contribution in [3.05, 3.63) is 48.0 Å². The summed E-state index contributed by atoms with van der Waals surface area (Å²) < 4.78 is 0. The number of nitrogens with zero attached hydrogens (tertiary/aromatic N) is 1. The quantitative estimate of drug-likeness (QED) is 0.767. The Labute approximate surface area is 95.7 Å². The zero-order chi connectivity index (χ0) is 11.4. The molecule has 0 aromatic heterocycles. The third-order valence-electron chi connectivity index (χ3n) is 2.72. The third-order valence-corrected chi connectivity index (χ3v) is 2.72. The maximum Gasteiger partial charge on any atom is 0.265 e. The van der Waals surface area contributed by atoms with E-state index in [1.165, 1.54) is 0 Å². The first-order valence-corrected chi connectivity index (χ1v) is 5.57. The van der Waals surface area contributed by atoms with Crippen LogP contribution >= 0.6 is 0 Å². The Morgan fingerprint density at radius 2 is 2.12 bits per heavy atom. The smallest absolute Gasteiger partial charge is 0.265 e. The molecule has 1 N–H and O–H groups in total. The van der Waals surface area contributed by atoms with Crippen molar-refractivity contribution in [3.8, 4) is 0 Å². The summed E-state index contributed by atoms with van der Waals surface area (Å²) in [4.78, 5) is 11.9. The maximum atomic E-state index is 11.9. The number of hydrogen-bond donors (Lipinski definition) is 1. The molecule has 3 nitrogen and oxygen atoms in total. The van der Waals surface area contributed by atoms with Crippen LogP contribution in [-0.4, -0.2) is 23.5 Å². The third kappa shape index (κ3) is 2.49. The van der Waals surface area contributed by atoms with Gasteiger partial charge < -0.3 is 0 Å². The number of carbonyl (C=O) groups is 1. The van der Waals surface area contributed by atoms with E-state index in [-0.39, 0.29) is 11.9 Å². The van der Waals surface area contributed by atoms with Crippen LogP contribution in [0.25, 0.3) is 0 Å². The summed E-state index contributed by atoms with van der Waals surface area (Å²) >= 11 is 0. The highest BCUT2D eigenvalue weighted by Gasteiger charge is 2.16. The lowest BCUT2D eigenvalue weighted by molar-refractivity contribution is 0.0742. The van der Waals surface area contributed by atoms with Gasteiger partial charge in [0.2, 0.25) is 0 Å². The lowest BCUT2D eigenvalue weighted by atomic mass is 10.2. The number of carbonyl (C=O) groups excluding carboxylic acids is 1. The Balaban J connectivity index is 2.00. The van der Waals surface area contributed by atoms with Gasteiger partial charge in [0, 0.05) is 18.2 Å². The van der Waals surface area contributed by atoms with Crippen molar-refractivity contribution in [1.29, 1.82) is 0 Å². The molecule has 1 amide bonds. The highest BCUT2D eigenvalue weighted by Crippen LogP contribution is 2.07. The molecule has 3 heteroatoms. The predicted molar refractivity (Wildman–Crippen MR) is 63.8 cm³/mol. The van der Waals surface area contributed by atoms with Crippen LogP contribution in [0.4, 0.5) is 0 Å². The molecular formula is C13H16N2O. The van der Waals surface area contributed by atoms with E-state index in [0.29, 0.717) is 5.56 Å². The van der Waals surface area contributed by atoms with E-state index in [1.807, 2.05) is 35.3 Å². The zero-order valence-electron chi connectivity index (χ0n) is 9.39. The number of nitrogens with one attached hydrogen (secondary N) is 1. The fourth-order valence-corrected chi connectivity index (χ4v) is 1.76. The van der Waals surface area contributed by atoms with Gasteiger partial charge >= 0.3 is 0 Å². The van der Waals surface area contributed by atoms with Gasteiger partial charge in [-0.3, -0.25) is 10.2 Å². The predicted octanol–water partition coefficient (Wildman–Crippen LogP) is 1.98. The Bertz CT molecular complexity index is 386. The first-order valence-electron chi connectivity index (χ1n) is 5.57. The van der Waals surface area contributed by atoms with Crippen LogP contribution in [0.5, 0.6) is 0 Å². The van der Waals surface area contributed by atoms with Crippen LogP contribution in [0.1, 0.15) is 23.7 Å². The van der Waals surface area contributed by atoms with Crippen molar-refractivity contribution in [3.63, 3.8) is 0 Å². The van der Waals surface area contributed by atoms with Gasteiger partial charge in [0.05, 0.1) is 0 Å². The van der Waals surface area contributed by atoms with Crippen molar-refractivity contribution in [2.75, 3.05) is 6.54 Å². The Morgan fingerprint density at radius 3 is 2.81 bits per heavy atom. The van der Waals surface area contributed by atoms with Gasteiger partial charge in [-0.25, -0.2) is 5.01 Å². The monoisotopic (exact) mass is 216 g/mol. The standard InChI is InChI=1S/C13H16N2O/c1-11-7-5-6-10-15(11)14-13(16)12-8-3-2-4-9-12/h2-5,7-9,11H,6,10H2,1H3,(H,14,16). The lowest BCUT2D eigenvalue weighted by Crippen LogP contribution is -2.48. The van der Waals surface area contributed by atoms with Gasteiger partial charge in [-0.2, -0.15) is 0 Å². The van der Waals surface area contributed by atoms with Crippen LogP contribution in [-0.2, 0) is 0 Å². The SMILES string of the molecule is CC1C=CCCN1NC(=O)c1ccccc1. The number of hydrogen-bond acceptors (Lipinski definition) is 2. The van der Waals surface area contributed by atoms with Gasteiger partial charge in [-0.1, -0.05) is 30.4 Å². The van der Waals surface area contributed by atoms with E-state index in [9.17, 15) is 4.79 Å². The molecule has 0 radical (unpaired) electrons. The number of amides is 1. The summed E-state index contributed by atoms with van der Waals surface area (Å²) in [5.41, 5.74) is 3.63. The molecule has 0 saturated heterocycles. The minimum atomic E-state index is -0.0391. The van der Waals surface area contributed by atoms with E-state index >= 15 is 0 Å². The molecule has 1 aliphatic heterocycles. The van der Waals surface area contributed by atoms with E-state index in [2.05, 4.69) is 24.5 Å². The highest BCUT2D eigenvalue weighted by atomic mass is 16.2. The minimum Gasteiger partial charge on any atom is -0.284 e. The van der Waals surface area contributed by atoms with Crippen molar-refractivity contribution in [1.82, 2.24) is 10.4 Å². The molecule has 2 rings (SSSR count). The first kappa shape index (κ1) is 10.9. The van der Waals surface area contributed by atoms with Crippen molar-refractivity contribution in [2.45, 2.75) is 19.4 Å².